The lowest BCUT2D eigenvalue weighted by Gasteiger charge is -2.30. The number of benzene rings is 2. The highest BCUT2D eigenvalue weighted by atomic mass is 35.5. The molecule has 1 fully saturated rings. The Bertz CT molecular complexity index is 1120. The molecule has 8 heteroatoms. The quantitative estimate of drug-likeness (QED) is 0.504. The van der Waals surface area contributed by atoms with Gasteiger partial charge in [-0.05, 0) is 61.9 Å². The van der Waals surface area contributed by atoms with Gasteiger partial charge in [0.1, 0.15) is 17.1 Å². The maximum atomic E-state index is 12.8. The summed E-state index contributed by atoms with van der Waals surface area (Å²) in [5.74, 6) is 0.864. The number of aromatic amines is 1. The SMILES string of the molecule is Cc1cc(-c2ccccc2OC(F)F)cc2[nH]c(C3=NOC4(CCCCC4)C3)nc12.Cl. The lowest BCUT2D eigenvalue weighted by molar-refractivity contribution is -0.0494. The predicted molar refractivity (Wildman–Crippen MR) is 118 cm³/mol. The van der Waals surface area contributed by atoms with E-state index >= 15 is 0 Å². The molecule has 2 aromatic carbocycles. The zero-order valence-electron chi connectivity index (χ0n) is 17.2. The van der Waals surface area contributed by atoms with Crippen LogP contribution in [0.25, 0.3) is 22.2 Å². The second kappa shape index (κ2) is 8.46. The van der Waals surface area contributed by atoms with E-state index in [2.05, 4.69) is 10.1 Å². The average molecular weight is 448 g/mol. The molecule has 0 bridgehead atoms. The fourth-order valence-corrected chi connectivity index (χ4v) is 4.60. The number of hydrogen-bond donors (Lipinski definition) is 1. The van der Waals surface area contributed by atoms with E-state index in [-0.39, 0.29) is 23.8 Å². The molecule has 1 spiro atoms. The number of H-pyrrole nitrogens is 1. The summed E-state index contributed by atoms with van der Waals surface area (Å²) in [4.78, 5) is 14.0. The first-order valence-corrected chi connectivity index (χ1v) is 10.3. The Morgan fingerprint density at radius 2 is 1.90 bits per heavy atom. The number of nitrogens with zero attached hydrogens (tertiary/aromatic N) is 2. The number of imidazole rings is 1. The molecule has 1 aliphatic heterocycles. The van der Waals surface area contributed by atoms with E-state index in [1.54, 1.807) is 24.3 Å². The van der Waals surface area contributed by atoms with Gasteiger partial charge >= 0.3 is 6.61 Å². The van der Waals surface area contributed by atoms with E-state index in [9.17, 15) is 8.78 Å². The Morgan fingerprint density at radius 3 is 2.68 bits per heavy atom. The Kier molecular flexibility index (Phi) is 5.88. The van der Waals surface area contributed by atoms with Crippen LogP contribution in [0.1, 0.15) is 49.9 Å². The highest BCUT2D eigenvalue weighted by Gasteiger charge is 2.41. The van der Waals surface area contributed by atoms with Crippen molar-refractivity contribution in [1.29, 1.82) is 0 Å². The van der Waals surface area contributed by atoms with Gasteiger partial charge in [-0.25, -0.2) is 4.98 Å². The van der Waals surface area contributed by atoms with E-state index in [1.165, 1.54) is 19.3 Å². The number of aromatic nitrogens is 2. The molecule has 0 unspecified atom stereocenters. The van der Waals surface area contributed by atoms with Gasteiger partial charge in [-0.15, -0.1) is 12.4 Å². The molecule has 3 aromatic rings. The van der Waals surface area contributed by atoms with Crippen LogP contribution in [0.2, 0.25) is 0 Å². The number of para-hydroxylation sites is 1. The fraction of sp³-hybridized carbons (Fsp3) is 0.391. The first kappa shape index (κ1) is 21.6. The number of fused-ring (bicyclic) bond motifs is 1. The lowest BCUT2D eigenvalue weighted by atomic mass is 9.81. The third kappa shape index (κ3) is 4.11. The van der Waals surface area contributed by atoms with Crippen molar-refractivity contribution >= 4 is 29.2 Å². The zero-order valence-corrected chi connectivity index (χ0v) is 18.0. The second-order valence-corrected chi connectivity index (χ2v) is 8.20. The molecule has 1 N–H and O–H groups in total. The lowest BCUT2D eigenvalue weighted by Crippen LogP contribution is -2.31. The van der Waals surface area contributed by atoms with Crippen LogP contribution in [0.15, 0.2) is 41.6 Å². The summed E-state index contributed by atoms with van der Waals surface area (Å²) >= 11 is 0. The smallest absolute Gasteiger partial charge is 0.387 e. The molecule has 0 amide bonds. The zero-order chi connectivity index (χ0) is 20.7. The molecule has 164 valence electrons. The summed E-state index contributed by atoms with van der Waals surface area (Å²) in [5, 5.41) is 4.35. The minimum atomic E-state index is -2.87. The van der Waals surface area contributed by atoms with Crippen LogP contribution in [0.4, 0.5) is 8.78 Å². The maximum Gasteiger partial charge on any atom is 0.387 e. The van der Waals surface area contributed by atoms with Crippen molar-refractivity contribution in [1.82, 2.24) is 9.97 Å². The number of rotatable bonds is 4. The minimum Gasteiger partial charge on any atom is -0.434 e. The molecule has 5 rings (SSSR count). The third-order valence-corrected chi connectivity index (χ3v) is 6.07. The van der Waals surface area contributed by atoms with Crippen LogP contribution in [0.5, 0.6) is 5.75 Å². The van der Waals surface area contributed by atoms with E-state index < -0.39 is 6.61 Å². The molecule has 31 heavy (non-hydrogen) atoms. The van der Waals surface area contributed by atoms with Gasteiger partial charge in [0.05, 0.1) is 11.0 Å². The van der Waals surface area contributed by atoms with Crippen molar-refractivity contribution in [3.63, 3.8) is 0 Å². The number of halogens is 3. The van der Waals surface area contributed by atoms with Gasteiger partial charge in [0, 0.05) is 12.0 Å². The highest BCUT2D eigenvalue weighted by molar-refractivity contribution is 6.01. The first-order valence-electron chi connectivity index (χ1n) is 10.3. The van der Waals surface area contributed by atoms with Gasteiger partial charge < -0.3 is 14.6 Å². The van der Waals surface area contributed by atoms with Crippen LogP contribution < -0.4 is 4.74 Å². The summed E-state index contributed by atoms with van der Waals surface area (Å²) in [6.07, 6.45) is 6.43. The maximum absolute atomic E-state index is 12.8. The van der Waals surface area contributed by atoms with Gasteiger partial charge in [-0.3, -0.25) is 0 Å². The molecule has 1 aliphatic carbocycles. The van der Waals surface area contributed by atoms with Crippen molar-refractivity contribution in [2.24, 2.45) is 5.16 Å². The summed E-state index contributed by atoms with van der Waals surface area (Å²) in [5.41, 5.74) is 4.70. The van der Waals surface area contributed by atoms with E-state index in [0.29, 0.717) is 11.4 Å². The van der Waals surface area contributed by atoms with Crippen LogP contribution in [-0.2, 0) is 4.84 Å². The second-order valence-electron chi connectivity index (χ2n) is 8.20. The normalized spacial score (nSPS) is 17.5. The highest BCUT2D eigenvalue weighted by Crippen LogP contribution is 2.40. The third-order valence-electron chi connectivity index (χ3n) is 6.07. The van der Waals surface area contributed by atoms with Crippen LogP contribution >= 0.6 is 12.4 Å². The minimum absolute atomic E-state index is 0. The standard InChI is InChI=1S/C23H23F2N3O2.ClH/c1-14-11-15(16-7-3-4-8-19(16)29-22(24)25)12-17-20(14)27-21(26-17)18-13-23(30-28-18)9-5-2-6-10-23;/h3-4,7-8,11-12,22H,2,5-6,9-10,13H2,1H3,(H,26,27);1H. The summed E-state index contributed by atoms with van der Waals surface area (Å²) in [6.45, 7) is -0.912. The average Bonchev–Trinajstić information content (AvgIpc) is 3.33. The summed E-state index contributed by atoms with van der Waals surface area (Å²) in [7, 11) is 0. The van der Waals surface area contributed by atoms with E-state index in [0.717, 1.165) is 47.1 Å². The van der Waals surface area contributed by atoms with Crippen molar-refractivity contribution < 1.29 is 18.4 Å². The number of hydrogen-bond acceptors (Lipinski definition) is 4. The molecule has 5 nitrogen and oxygen atoms in total. The summed E-state index contributed by atoms with van der Waals surface area (Å²) in [6, 6.07) is 10.7. The van der Waals surface area contributed by atoms with Gasteiger partial charge in [0.2, 0.25) is 0 Å². The van der Waals surface area contributed by atoms with Crippen LogP contribution in [0, 0.1) is 6.92 Å². The first-order chi connectivity index (χ1) is 14.5. The molecule has 0 radical (unpaired) electrons. The molecule has 2 heterocycles. The van der Waals surface area contributed by atoms with Crippen LogP contribution in [-0.4, -0.2) is 27.9 Å². The van der Waals surface area contributed by atoms with Crippen LogP contribution in [0.3, 0.4) is 0 Å². The predicted octanol–water partition coefficient (Wildman–Crippen LogP) is 6.39. The summed E-state index contributed by atoms with van der Waals surface area (Å²) < 4.78 is 30.3. The van der Waals surface area contributed by atoms with E-state index in [1.807, 2.05) is 19.1 Å². The van der Waals surface area contributed by atoms with Gasteiger partial charge in [-0.1, -0.05) is 29.8 Å². The number of oxime groups is 1. The molecular weight excluding hydrogens is 424 g/mol. The molecule has 0 saturated heterocycles. The van der Waals surface area contributed by atoms with Crippen molar-refractivity contribution in [3.05, 3.63) is 47.8 Å². The van der Waals surface area contributed by atoms with Gasteiger partial charge in [0.25, 0.3) is 0 Å². The van der Waals surface area contributed by atoms with Crippen molar-refractivity contribution in [2.45, 2.75) is 57.7 Å². The molecule has 1 saturated carbocycles. The van der Waals surface area contributed by atoms with Gasteiger partial charge in [0.15, 0.2) is 5.82 Å². The van der Waals surface area contributed by atoms with Crippen molar-refractivity contribution in [3.8, 4) is 16.9 Å². The Morgan fingerprint density at radius 1 is 1.13 bits per heavy atom. The number of nitrogens with one attached hydrogen (secondary N) is 1. The van der Waals surface area contributed by atoms with Gasteiger partial charge in [-0.2, -0.15) is 8.78 Å². The Hall–Kier alpha value is -2.67. The molecular formula is C23H24ClF2N3O2. The monoisotopic (exact) mass is 447 g/mol. The fourth-order valence-electron chi connectivity index (χ4n) is 4.60. The topological polar surface area (TPSA) is 59.5 Å². The largest absolute Gasteiger partial charge is 0.434 e. The number of aryl methyl sites for hydroxylation is 1. The van der Waals surface area contributed by atoms with Crippen molar-refractivity contribution in [2.75, 3.05) is 0 Å². The molecule has 1 aromatic heterocycles. The number of ether oxygens (including phenoxy) is 1. The van der Waals surface area contributed by atoms with E-state index in [4.69, 9.17) is 14.6 Å². The molecule has 2 aliphatic rings. The Balaban J connectivity index is 0.00000231. The number of alkyl halides is 2. The molecule has 0 atom stereocenters. The Labute approximate surface area is 185 Å².